The smallest absolute Gasteiger partial charge is 0.237 e. The zero-order valence-corrected chi connectivity index (χ0v) is 13.2. The van der Waals surface area contributed by atoms with Gasteiger partial charge in [0.1, 0.15) is 5.75 Å². The number of carbonyl (C=O) groups excluding carboxylic acids is 1. The molecular weight excluding hydrogens is 298 g/mol. The molecule has 0 atom stereocenters. The van der Waals surface area contributed by atoms with Crippen LogP contribution in [0.1, 0.15) is 12.0 Å². The van der Waals surface area contributed by atoms with Crippen molar-refractivity contribution < 1.29 is 9.53 Å². The SMILES string of the molecule is COc1ccc2c(c1)CCCN2C(=O)CSc1ncccn1. The Balaban J connectivity index is 1.72. The zero-order valence-electron chi connectivity index (χ0n) is 12.4. The van der Waals surface area contributed by atoms with E-state index in [2.05, 4.69) is 9.97 Å². The number of rotatable bonds is 4. The number of fused-ring (bicyclic) bond motifs is 1. The third-order valence-corrected chi connectivity index (χ3v) is 4.43. The number of ether oxygens (including phenoxy) is 1. The van der Waals surface area contributed by atoms with Gasteiger partial charge in [0, 0.05) is 24.6 Å². The number of methoxy groups -OCH3 is 1. The Kier molecular flexibility index (Phi) is 4.58. The molecule has 0 fully saturated rings. The minimum Gasteiger partial charge on any atom is -0.497 e. The summed E-state index contributed by atoms with van der Waals surface area (Å²) in [4.78, 5) is 22.6. The van der Waals surface area contributed by atoms with E-state index in [0.29, 0.717) is 10.9 Å². The minimum atomic E-state index is 0.0866. The highest BCUT2D eigenvalue weighted by molar-refractivity contribution is 7.99. The van der Waals surface area contributed by atoms with Gasteiger partial charge < -0.3 is 9.64 Å². The average Bonchev–Trinajstić information content (AvgIpc) is 2.59. The fourth-order valence-electron chi connectivity index (χ4n) is 2.52. The van der Waals surface area contributed by atoms with Gasteiger partial charge in [-0.05, 0) is 42.7 Å². The first kappa shape index (κ1) is 14.8. The summed E-state index contributed by atoms with van der Waals surface area (Å²) >= 11 is 1.37. The van der Waals surface area contributed by atoms with Gasteiger partial charge in [-0.3, -0.25) is 4.79 Å². The van der Waals surface area contributed by atoms with Crippen LogP contribution in [0.4, 0.5) is 5.69 Å². The van der Waals surface area contributed by atoms with Crippen LogP contribution >= 0.6 is 11.8 Å². The van der Waals surface area contributed by atoms with Gasteiger partial charge in [-0.25, -0.2) is 9.97 Å². The Bertz CT molecular complexity index is 664. The van der Waals surface area contributed by atoms with Gasteiger partial charge in [-0.2, -0.15) is 0 Å². The Morgan fingerprint density at radius 1 is 1.36 bits per heavy atom. The normalized spacial score (nSPS) is 13.6. The molecule has 5 nitrogen and oxygen atoms in total. The standard InChI is InChI=1S/C16H17N3O2S/c1-21-13-5-6-14-12(10-13)4-2-9-19(14)15(20)11-22-16-17-7-3-8-18-16/h3,5-8,10H,2,4,9,11H2,1H3. The van der Waals surface area contributed by atoms with E-state index in [9.17, 15) is 4.79 Å². The fraction of sp³-hybridized carbons (Fsp3) is 0.312. The quantitative estimate of drug-likeness (QED) is 0.641. The first-order valence-electron chi connectivity index (χ1n) is 7.15. The summed E-state index contributed by atoms with van der Waals surface area (Å²) in [5, 5.41) is 0.628. The van der Waals surface area contributed by atoms with E-state index in [0.717, 1.165) is 30.8 Å². The lowest BCUT2D eigenvalue weighted by Crippen LogP contribution is -2.36. The molecule has 1 aromatic carbocycles. The number of hydrogen-bond donors (Lipinski definition) is 0. The molecule has 0 saturated heterocycles. The number of nitrogens with zero attached hydrogens (tertiary/aromatic N) is 3. The van der Waals surface area contributed by atoms with Crippen molar-refractivity contribution in [2.75, 3.05) is 24.3 Å². The Labute approximate surface area is 133 Å². The van der Waals surface area contributed by atoms with E-state index in [1.54, 1.807) is 25.6 Å². The Morgan fingerprint density at radius 2 is 2.18 bits per heavy atom. The van der Waals surface area contributed by atoms with Crippen molar-refractivity contribution in [3.05, 3.63) is 42.2 Å². The van der Waals surface area contributed by atoms with Gasteiger partial charge in [0.2, 0.25) is 5.91 Å². The van der Waals surface area contributed by atoms with Gasteiger partial charge in [-0.15, -0.1) is 0 Å². The highest BCUT2D eigenvalue weighted by Gasteiger charge is 2.23. The molecule has 2 aromatic rings. The number of carbonyl (C=O) groups is 1. The number of benzene rings is 1. The van der Waals surface area contributed by atoms with Crippen molar-refractivity contribution in [1.82, 2.24) is 9.97 Å². The molecule has 22 heavy (non-hydrogen) atoms. The maximum absolute atomic E-state index is 12.5. The molecule has 0 bridgehead atoms. The maximum Gasteiger partial charge on any atom is 0.237 e. The summed E-state index contributed by atoms with van der Waals surface area (Å²) in [6.45, 7) is 0.758. The molecule has 0 saturated carbocycles. The first-order valence-corrected chi connectivity index (χ1v) is 8.13. The van der Waals surface area contributed by atoms with Gasteiger partial charge in [0.05, 0.1) is 12.9 Å². The van der Waals surface area contributed by atoms with Crippen LogP contribution < -0.4 is 9.64 Å². The van der Waals surface area contributed by atoms with Crippen LogP contribution in [-0.2, 0) is 11.2 Å². The molecule has 2 heterocycles. The average molecular weight is 315 g/mol. The van der Waals surface area contributed by atoms with Crippen molar-refractivity contribution in [2.45, 2.75) is 18.0 Å². The molecule has 3 rings (SSSR count). The second kappa shape index (κ2) is 6.79. The summed E-state index contributed by atoms with van der Waals surface area (Å²) in [6.07, 6.45) is 5.31. The lowest BCUT2D eigenvalue weighted by molar-refractivity contribution is -0.116. The van der Waals surface area contributed by atoms with Crippen molar-refractivity contribution >= 4 is 23.4 Å². The Morgan fingerprint density at radius 3 is 2.95 bits per heavy atom. The first-order chi connectivity index (χ1) is 10.8. The van der Waals surface area contributed by atoms with Crippen molar-refractivity contribution in [3.63, 3.8) is 0 Å². The van der Waals surface area contributed by atoms with E-state index < -0.39 is 0 Å². The third-order valence-electron chi connectivity index (χ3n) is 3.57. The molecule has 1 aliphatic heterocycles. The predicted octanol–water partition coefficient (Wildman–Crippen LogP) is 2.56. The summed E-state index contributed by atoms with van der Waals surface area (Å²) in [7, 11) is 1.66. The second-order valence-corrected chi connectivity index (χ2v) is 5.91. The van der Waals surface area contributed by atoms with Gasteiger partial charge in [0.25, 0.3) is 0 Å². The third kappa shape index (κ3) is 3.22. The predicted molar refractivity (Wildman–Crippen MR) is 86.4 cm³/mol. The van der Waals surface area contributed by atoms with Crippen LogP contribution in [0.15, 0.2) is 41.8 Å². The molecule has 0 spiro atoms. The van der Waals surface area contributed by atoms with E-state index in [4.69, 9.17) is 4.74 Å². The molecule has 0 unspecified atom stereocenters. The number of aromatic nitrogens is 2. The molecule has 1 aliphatic rings. The monoisotopic (exact) mass is 315 g/mol. The molecular formula is C16H17N3O2S. The molecule has 0 N–H and O–H groups in total. The highest BCUT2D eigenvalue weighted by atomic mass is 32.2. The maximum atomic E-state index is 12.5. The molecule has 114 valence electrons. The lowest BCUT2D eigenvalue weighted by Gasteiger charge is -2.29. The van der Waals surface area contributed by atoms with E-state index in [-0.39, 0.29) is 5.91 Å². The van der Waals surface area contributed by atoms with Crippen molar-refractivity contribution in [2.24, 2.45) is 0 Å². The van der Waals surface area contributed by atoms with E-state index >= 15 is 0 Å². The number of anilines is 1. The van der Waals surface area contributed by atoms with Crippen LogP contribution in [0.25, 0.3) is 0 Å². The summed E-state index contributed by atoms with van der Waals surface area (Å²) in [6, 6.07) is 7.65. The molecule has 1 aromatic heterocycles. The molecule has 1 amide bonds. The van der Waals surface area contributed by atoms with E-state index in [1.807, 2.05) is 23.1 Å². The number of hydrogen-bond acceptors (Lipinski definition) is 5. The number of amides is 1. The topological polar surface area (TPSA) is 55.3 Å². The van der Waals surface area contributed by atoms with Gasteiger partial charge in [0.15, 0.2) is 5.16 Å². The van der Waals surface area contributed by atoms with Crippen molar-refractivity contribution in [3.8, 4) is 5.75 Å². The summed E-state index contributed by atoms with van der Waals surface area (Å²) < 4.78 is 5.26. The summed E-state index contributed by atoms with van der Waals surface area (Å²) in [5.41, 5.74) is 2.16. The molecule has 0 radical (unpaired) electrons. The fourth-order valence-corrected chi connectivity index (χ4v) is 3.20. The van der Waals surface area contributed by atoms with E-state index in [1.165, 1.54) is 17.3 Å². The molecule has 0 aliphatic carbocycles. The van der Waals surface area contributed by atoms with Crippen LogP contribution in [-0.4, -0.2) is 35.3 Å². The number of thioether (sulfide) groups is 1. The Hall–Kier alpha value is -2.08. The van der Waals surface area contributed by atoms with Crippen LogP contribution in [0.2, 0.25) is 0 Å². The largest absolute Gasteiger partial charge is 0.497 e. The van der Waals surface area contributed by atoms with Crippen LogP contribution in [0, 0.1) is 0 Å². The van der Waals surface area contributed by atoms with Crippen molar-refractivity contribution in [1.29, 1.82) is 0 Å². The van der Waals surface area contributed by atoms with Gasteiger partial charge >= 0.3 is 0 Å². The molecule has 6 heteroatoms. The second-order valence-electron chi connectivity index (χ2n) is 4.96. The lowest BCUT2D eigenvalue weighted by atomic mass is 10.0. The zero-order chi connectivity index (χ0) is 15.4. The minimum absolute atomic E-state index is 0.0866. The van der Waals surface area contributed by atoms with Crippen LogP contribution in [0.5, 0.6) is 5.75 Å². The summed E-state index contributed by atoms with van der Waals surface area (Å²) in [5.74, 6) is 1.26. The van der Waals surface area contributed by atoms with Crippen LogP contribution in [0.3, 0.4) is 0 Å². The number of aryl methyl sites for hydroxylation is 1. The van der Waals surface area contributed by atoms with Gasteiger partial charge in [-0.1, -0.05) is 11.8 Å². The highest BCUT2D eigenvalue weighted by Crippen LogP contribution is 2.31.